The van der Waals surface area contributed by atoms with Gasteiger partial charge in [-0.15, -0.1) is 11.3 Å². The van der Waals surface area contributed by atoms with Crippen LogP contribution in [0.1, 0.15) is 9.67 Å². The highest BCUT2D eigenvalue weighted by molar-refractivity contribution is 7.12. The lowest BCUT2D eigenvalue weighted by Gasteiger charge is -1.90. The molecule has 4 heteroatoms. The molecule has 1 rings (SSSR count). The summed E-state index contributed by atoms with van der Waals surface area (Å²) in [4.78, 5) is 11.5. The van der Waals surface area contributed by atoms with Crippen molar-refractivity contribution in [1.29, 1.82) is 0 Å². The van der Waals surface area contributed by atoms with Crippen LogP contribution >= 0.6 is 11.3 Å². The summed E-state index contributed by atoms with van der Waals surface area (Å²) in [7, 11) is 3.33. The van der Waals surface area contributed by atoms with Crippen molar-refractivity contribution in [2.24, 2.45) is 0 Å². The zero-order chi connectivity index (χ0) is 7.56. The van der Waals surface area contributed by atoms with Crippen molar-refractivity contribution in [3.05, 3.63) is 16.3 Å². The van der Waals surface area contributed by atoms with Crippen LogP contribution in [-0.2, 0) is 4.74 Å². The van der Waals surface area contributed by atoms with Gasteiger partial charge in [-0.1, -0.05) is 5.46 Å². The smallest absolute Gasteiger partial charge is 0.347 e. The van der Waals surface area contributed by atoms with Gasteiger partial charge in [0, 0.05) is 0 Å². The molecule has 10 heavy (non-hydrogen) atoms. The van der Waals surface area contributed by atoms with Crippen LogP contribution < -0.4 is 5.46 Å². The molecule has 1 aromatic rings. The van der Waals surface area contributed by atoms with Gasteiger partial charge in [-0.3, -0.25) is 0 Å². The van der Waals surface area contributed by atoms with E-state index in [1.165, 1.54) is 18.4 Å². The third-order valence-electron chi connectivity index (χ3n) is 1.12. The maximum atomic E-state index is 10.8. The molecule has 0 unspecified atom stereocenters. The fourth-order valence-corrected chi connectivity index (χ4v) is 1.45. The predicted octanol–water partition coefficient (Wildman–Crippen LogP) is -0.207. The number of hydrogen-bond donors (Lipinski definition) is 0. The number of thiophene rings is 1. The maximum absolute atomic E-state index is 10.8. The first-order valence-electron chi connectivity index (χ1n) is 2.87. The van der Waals surface area contributed by atoms with Crippen LogP contribution in [0.3, 0.4) is 0 Å². The average molecular weight is 154 g/mol. The van der Waals surface area contributed by atoms with Crippen LogP contribution in [-0.4, -0.2) is 20.9 Å². The Morgan fingerprint density at radius 1 is 1.80 bits per heavy atom. The quantitative estimate of drug-likeness (QED) is 0.413. The molecule has 0 amide bonds. The van der Waals surface area contributed by atoms with Crippen molar-refractivity contribution in [3.8, 4) is 0 Å². The minimum atomic E-state index is -0.252. The molecule has 0 spiro atoms. The molecule has 0 aromatic carbocycles. The Labute approximate surface area is 64.2 Å². The van der Waals surface area contributed by atoms with Crippen molar-refractivity contribution in [2.75, 3.05) is 7.11 Å². The van der Waals surface area contributed by atoms with Crippen LogP contribution in [0.4, 0.5) is 0 Å². The molecular formula is C6H7BO2S. The van der Waals surface area contributed by atoms with E-state index in [1.807, 2.05) is 19.3 Å². The van der Waals surface area contributed by atoms with Gasteiger partial charge in [-0.2, -0.15) is 0 Å². The van der Waals surface area contributed by atoms with Crippen molar-refractivity contribution >= 4 is 30.6 Å². The number of carbonyl (C=O) groups excluding carboxylic acids is 1. The van der Waals surface area contributed by atoms with Crippen molar-refractivity contribution < 1.29 is 9.53 Å². The molecule has 0 aliphatic carbocycles. The summed E-state index contributed by atoms with van der Waals surface area (Å²) in [5, 5.41) is 1.92. The molecule has 0 aliphatic rings. The van der Waals surface area contributed by atoms with Gasteiger partial charge in [-0.05, 0) is 11.4 Å². The number of esters is 1. The van der Waals surface area contributed by atoms with Gasteiger partial charge in [0.05, 0.1) is 7.11 Å². The van der Waals surface area contributed by atoms with Crippen molar-refractivity contribution in [2.45, 2.75) is 0 Å². The number of ether oxygens (including phenoxy) is 1. The molecule has 1 heterocycles. The monoisotopic (exact) mass is 154 g/mol. The second-order valence-electron chi connectivity index (χ2n) is 1.98. The lowest BCUT2D eigenvalue weighted by molar-refractivity contribution is 0.0606. The zero-order valence-electron chi connectivity index (χ0n) is 5.88. The van der Waals surface area contributed by atoms with Gasteiger partial charge in [0.25, 0.3) is 0 Å². The third-order valence-corrected chi connectivity index (χ3v) is 2.15. The lowest BCUT2D eigenvalue weighted by Crippen LogP contribution is -2.00. The first-order valence-corrected chi connectivity index (χ1v) is 3.75. The summed E-state index contributed by atoms with van der Waals surface area (Å²) in [5.74, 6) is -0.252. The highest BCUT2D eigenvalue weighted by atomic mass is 32.1. The lowest BCUT2D eigenvalue weighted by atomic mass is 10.0. The Bertz CT molecular complexity index is 244. The topological polar surface area (TPSA) is 26.3 Å². The van der Waals surface area contributed by atoms with Gasteiger partial charge >= 0.3 is 5.97 Å². The van der Waals surface area contributed by atoms with Crippen molar-refractivity contribution in [3.63, 3.8) is 0 Å². The molecule has 0 saturated heterocycles. The molecular weight excluding hydrogens is 147 g/mol. The number of methoxy groups -OCH3 is 1. The van der Waals surface area contributed by atoms with E-state index in [0.29, 0.717) is 4.88 Å². The summed E-state index contributed by atoms with van der Waals surface area (Å²) in [6.45, 7) is 0. The van der Waals surface area contributed by atoms with Gasteiger partial charge < -0.3 is 4.74 Å². The third kappa shape index (κ3) is 1.39. The van der Waals surface area contributed by atoms with Gasteiger partial charge in [0.1, 0.15) is 12.7 Å². The second kappa shape index (κ2) is 2.88. The average Bonchev–Trinajstić information content (AvgIpc) is 2.34. The van der Waals surface area contributed by atoms with Crippen LogP contribution in [0, 0.1) is 0 Å². The number of rotatable bonds is 1. The Morgan fingerprint density at radius 3 is 2.90 bits per heavy atom. The summed E-state index contributed by atoms with van der Waals surface area (Å²) in [5.41, 5.74) is 1.10. The molecule has 0 radical (unpaired) electrons. The number of hydrogen-bond acceptors (Lipinski definition) is 3. The van der Waals surface area contributed by atoms with Crippen LogP contribution in [0.2, 0.25) is 0 Å². The van der Waals surface area contributed by atoms with E-state index >= 15 is 0 Å². The fraction of sp³-hybridized carbons (Fsp3) is 0.167. The van der Waals surface area contributed by atoms with Crippen LogP contribution in [0.25, 0.3) is 0 Å². The summed E-state index contributed by atoms with van der Waals surface area (Å²) in [6, 6.07) is 1.82. The maximum Gasteiger partial charge on any atom is 0.347 e. The van der Waals surface area contributed by atoms with Gasteiger partial charge in [0.2, 0.25) is 0 Å². The van der Waals surface area contributed by atoms with Crippen molar-refractivity contribution in [1.82, 2.24) is 0 Å². The Morgan fingerprint density at radius 2 is 2.50 bits per heavy atom. The number of carbonyl (C=O) groups is 1. The Hall–Kier alpha value is -0.765. The molecule has 0 fully saturated rings. The molecule has 52 valence electrons. The van der Waals surface area contributed by atoms with E-state index < -0.39 is 0 Å². The zero-order valence-corrected chi connectivity index (χ0v) is 6.70. The molecule has 0 bridgehead atoms. The van der Waals surface area contributed by atoms with E-state index in [4.69, 9.17) is 0 Å². The first-order chi connectivity index (χ1) is 4.74. The molecule has 2 nitrogen and oxygen atoms in total. The summed E-state index contributed by atoms with van der Waals surface area (Å²) < 4.78 is 4.52. The molecule has 1 aromatic heterocycles. The minimum absolute atomic E-state index is 0.252. The molecule has 0 aliphatic heterocycles. The van der Waals surface area contributed by atoms with E-state index in [0.717, 1.165) is 5.46 Å². The Balaban J connectivity index is 2.85. The van der Waals surface area contributed by atoms with Crippen LogP contribution in [0.15, 0.2) is 11.4 Å². The second-order valence-corrected chi connectivity index (χ2v) is 2.89. The molecule has 0 saturated carbocycles. The van der Waals surface area contributed by atoms with E-state index in [9.17, 15) is 4.79 Å². The van der Waals surface area contributed by atoms with Gasteiger partial charge in [-0.25, -0.2) is 4.79 Å². The van der Waals surface area contributed by atoms with E-state index in [1.54, 1.807) is 0 Å². The molecule has 0 N–H and O–H groups in total. The minimum Gasteiger partial charge on any atom is -0.465 e. The summed E-state index contributed by atoms with van der Waals surface area (Å²) >= 11 is 1.41. The van der Waals surface area contributed by atoms with Crippen LogP contribution in [0.5, 0.6) is 0 Å². The van der Waals surface area contributed by atoms with Gasteiger partial charge in [0.15, 0.2) is 0 Å². The fourth-order valence-electron chi connectivity index (χ4n) is 0.639. The van der Waals surface area contributed by atoms with E-state index in [-0.39, 0.29) is 5.97 Å². The first kappa shape index (κ1) is 7.34. The van der Waals surface area contributed by atoms with E-state index in [2.05, 4.69) is 4.74 Å². The highest BCUT2D eigenvalue weighted by Gasteiger charge is 2.05. The predicted molar refractivity (Wildman–Crippen MR) is 43.8 cm³/mol. The normalized spacial score (nSPS) is 9.30. The summed E-state index contributed by atoms with van der Waals surface area (Å²) in [6.07, 6.45) is 0. The standard InChI is InChI=1S/C6H7BO2S/c1-9-6(8)5-2-4(7)3-10-5/h2-3H,7H2,1H3. The molecule has 0 atom stereocenters. The SMILES string of the molecule is Bc1csc(C(=O)OC)c1. The Kier molecular flexibility index (Phi) is 2.11. The highest BCUT2D eigenvalue weighted by Crippen LogP contribution is 2.06. The largest absolute Gasteiger partial charge is 0.465 e.